The molecule has 1 aliphatic rings. The van der Waals surface area contributed by atoms with E-state index in [0.717, 1.165) is 50.8 Å². The molecule has 1 aliphatic heterocycles. The SMILES string of the molecule is CN=C(NCCCCNc1ccccn1)NCCN1CCCCC1. The second-order valence-corrected chi connectivity index (χ2v) is 6.18. The molecule has 2 heterocycles. The Morgan fingerprint density at radius 3 is 2.62 bits per heavy atom. The Kier molecular flexibility index (Phi) is 9.01. The van der Waals surface area contributed by atoms with Gasteiger partial charge in [-0.15, -0.1) is 0 Å². The first-order chi connectivity index (χ1) is 11.9. The van der Waals surface area contributed by atoms with Gasteiger partial charge < -0.3 is 20.9 Å². The monoisotopic (exact) mass is 332 g/mol. The van der Waals surface area contributed by atoms with Crippen molar-refractivity contribution >= 4 is 11.8 Å². The first-order valence-corrected chi connectivity index (χ1v) is 9.20. The Morgan fingerprint density at radius 1 is 1.08 bits per heavy atom. The number of aliphatic imine (C=N–C) groups is 1. The van der Waals surface area contributed by atoms with Crippen molar-refractivity contribution in [2.75, 3.05) is 51.6 Å². The van der Waals surface area contributed by atoms with Gasteiger partial charge in [-0.25, -0.2) is 4.98 Å². The zero-order valence-electron chi connectivity index (χ0n) is 14.9. The molecule has 0 aromatic carbocycles. The lowest BCUT2D eigenvalue weighted by molar-refractivity contribution is 0.232. The molecule has 0 radical (unpaired) electrons. The minimum absolute atomic E-state index is 0.907. The molecular weight excluding hydrogens is 300 g/mol. The summed E-state index contributed by atoms with van der Waals surface area (Å²) in [6.45, 7) is 6.44. The Balaban J connectivity index is 1.47. The van der Waals surface area contributed by atoms with E-state index in [1.165, 1.54) is 32.4 Å². The molecule has 1 aromatic heterocycles. The standard InChI is InChI=1S/C18H32N6/c1-19-18(23-13-16-24-14-7-2-8-15-24)22-12-6-5-11-21-17-9-3-4-10-20-17/h3-4,9-10H,2,5-8,11-16H2,1H3,(H,20,21)(H2,19,22,23). The molecule has 0 spiro atoms. The quantitative estimate of drug-likeness (QED) is 0.366. The topological polar surface area (TPSA) is 64.6 Å². The summed E-state index contributed by atoms with van der Waals surface area (Å²) in [5, 5.41) is 10.1. The highest BCUT2D eigenvalue weighted by atomic mass is 15.2. The number of nitrogens with one attached hydrogen (secondary N) is 3. The summed E-state index contributed by atoms with van der Waals surface area (Å²) in [4.78, 5) is 11.1. The molecule has 0 bridgehead atoms. The first-order valence-electron chi connectivity index (χ1n) is 9.20. The molecular formula is C18H32N6. The second-order valence-electron chi connectivity index (χ2n) is 6.18. The van der Waals surface area contributed by atoms with Crippen molar-refractivity contribution in [1.29, 1.82) is 0 Å². The number of piperidine rings is 1. The minimum Gasteiger partial charge on any atom is -0.370 e. The fraction of sp³-hybridized carbons (Fsp3) is 0.667. The number of guanidine groups is 1. The molecule has 1 fully saturated rings. The predicted octanol–water partition coefficient (Wildman–Crippen LogP) is 1.92. The summed E-state index contributed by atoms with van der Waals surface area (Å²) in [7, 11) is 1.83. The van der Waals surface area contributed by atoms with E-state index in [9.17, 15) is 0 Å². The van der Waals surface area contributed by atoms with Crippen molar-refractivity contribution in [3.05, 3.63) is 24.4 Å². The lowest BCUT2D eigenvalue weighted by Crippen LogP contribution is -2.42. The third-order valence-corrected chi connectivity index (χ3v) is 4.26. The van der Waals surface area contributed by atoms with Gasteiger partial charge in [0.1, 0.15) is 5.82 Å². The van der Waals surface area contributed by atoms with Crippen LogP contribution in [0.4, 0.5) is 5.82 Å². The summed E-state index contributed by atoms with van der Waals surface area (Å²) in [5.41, 5.74) is 0. The van der Waals surface area contributed by atoms with Gasteiger partial charge in [-0.05, 0) is 50.9 Å². The highest BCUT2D eigenvalue weighted by Crippen LogP contribution is 2.07. The van der Waals surface area contributed by atoms with Gasteiger partial charge >= 0.3 is 0 Å². The van der Waals surface area contributed by atoms with Gasteiger partial charge in [-0.2, -0.15) is 0 Å². The lowest BCUT2D eigenvalue weighted by Gasteiger charge is -2.26. The molecule has 0 amide bonds. The van der Waals surface area contributed by atoms with Gasteiger partial charge in [0.15, 0.2) is 5.96 Å². The van der Waals surface area contributed by atoms with Crippen molar-refractivity contribution in [1.82, 2.24) is 20.5 Å². The number of hydrogen-bond acceptors (Lipinski definition) is 4. The normalized spacial score (nSPS) is 16.0. The average Bonchev–Trinajstić information content (AvgIpc) is 2.64. The predicted molar refractivity (Wildman–Crippen MR) is 102 cm³/mol. The highest BCUT2D eigenvalue weighted by molar-refractivity contribution is 5.79. The molecule has 0 aliphatic carbocycles. The van der Waals surface area contributed by atoms with E-state index in [1.807, 2.05) is 31.4 Å². The third kappa shape index (κ3) is 7.64. The van der Waals surface area contributed by atoms with Crippen LogP contribution >= 0.6 is 0 Å². The number of aromatic nitrogens is 1. The van der Waals surface area contributed by atoms with Crippen molar-refractivity contribution in [2.24, 2.45) is 4.99 Å². The molecule has 0 unspecified atom stereocenters. The number of pyridine rings is 1. The van der Waals surface area contributed by atoms with Crippen LogP contribution in [0, 0.1) is 0 Å². The van der Waals surface area contributed by atoms with Crippen LogP contribution in [0.25, 0.3) is 0 Å². The van der Waals surface area contributed by atoms with Crippen molar-refractivity contribution in [3.63, 3.8) is 0 Å². The first kappa shape index (κ1) is 18.5. The van der Waals surface area contributed by atoms with E-state index in [0.29, 0.717) is 0 Å². The number of rotatable bonds is 9. The van der Waals surface area contributed by atoms with E-state index in [4.69, 9.17) is 0 Å². The van der Waals surface area contributed by atoms with Crippen LogP contribution in [0.2, 0.25) is 0 Å². The zero-order chi connectivity index (χ0) is 16.9. The van der Waals surface area contributed by atoms with E-state index >= 15 is 0 Å². The van der Waals surface area contributed by atoms with Crippen LogP contribution < -0.4 is 16.0 Å². The fourth-order valence-electron chi connectivity index (χ4n) is 2.88. The summed E-state index contributed by atoms with van der Waals surface area (Å²) < 4.78 is 0. The molecule has 24 heavy (non-hydrogen) atoms. The maximum absolute atomic E-state index is 4.29. The number of likely N-dealkylation sites (tertiary alicyclic amines) is 1. The fourth-order valence-corrected chi connectivity index (χ4v) is 2.88. The Hall–Kier alpha value is -1.82. The Bertz CT molecular complexity index is 456. The smallest absolute Gasteiger partial charge is 0.191 e. The number of unbranched alkanes of at least 4 members (excludes halogenated alkanes) is 1. The van der Waals surface area contributed by atoms with Gasteiger partial charge in [0.05, 0.1) is 0 Å². The molecule has 6 nitrogen and oxygen atoms in total. The largest absolute Gasteiger partial charge is 0.370 e. The van der Waals surface area contributed by atoms with Crippen molar-refractivity contribution in [3.8, 4) is 0 Å². The molecule has 3 N–H and O–H groups in total. The highest BCUT2D eigenvalue weighted by Gasteiger charge is 2.09. The number of nitrogens with zero attached hydrogens (tertiary/aromatic N) is 3. The van der Waals surface area contributed by atoms with Crippen LogP contribution in [0.5, 0.6) is 0 Å². The van der Waals surface area contributed by atoms with Crippen LogP contribution in [0.15, 0.2) is 29.4 Å². The lowest BCUT2D eigenvalue weighted by atomic mass is 10.1. The third-order valence-electron chi connectivity index (χ3n) is 4.26. The maximum Gasteiger partial charge on any atom is 0.191 e. The maximum atomic E-state index is 4.29. The van der Waals surface area contributed by atoms with Gasteiger partial charge in [0.2, 0.25) is 0 Å². The summed E-state index contributed by atoms with van der Waals surface area (Å²) in [6.07, 6.45) is 8.10. The van der Waals surface area contributed by atoms with E-state index in [-0.39, 0.29) is 0 Å². The number of anilines is 1. The summed E-state index contributed by atoms with van der Waals surface area (Å²) in [6, 6.07) is 5.92. The van der Waals surface area contributed by atoms with Gasteiger partial charge in [-0.1, -0.05) is 12.5 Å². The second kappa shape index (κ2) is 11.7. The van der Waals surface area contributed by atoms with Crippen molar-refractivity contribution in [2.45, 2.75) is 32.1 Å². The van der Waals surface area contributed by atoms with Gasteiger partial charge in [-0.3, -0.25) is 4.99 Å². The minimum atomic E-state index is 0.907. The molecule has 2 rings (SSSR count). The van der Waals surface area contributed by atoms with E-state index in [1.54, 1.807) is 0 Å². The van der Waals surface area contributed by atoms with Crippen LogP contribution in [-0.4, -0.2) is 62.2 Å². The number of hydrogen-bond donors (Lipinski definition) is 3. The molecule has 1 saturated heterocycles. The van der Waals surface area contributed by atoms with Crippen LogP contribution in [0.1, 0.15) is 32.1 Å². The summed E-state index contributed by atoms with van der Waals surface area (Å²) in [5.74, 6) is 1.85. The van der Waals surface area contributed by atoms with Crippen LogP contribution in [-0.2, 0) is 0 Å². The Labute approximate surface area is 146 Å². The molecule has 1 aromatic rings. The van der Waals surface area contributed by atoms with Gasteiger partial charge in [0, 0.05) is 39.4 Å². The van der Waals surface area contributed by atoms with Crippen LogP contribution in [0.3, 0.4) is 0 Å². The molecule has 0 atom stereocenters. The Morgan fingerprint density at radius 2 is 1.88 bits per heavy atom. The molecule has 134 valence electrons. The molecule has 6 heteroatoms. The van der Waals surface area contributed by atoms with Gasteiger partial charge in [0.25, 0.3) is 0 Å². The molecule has 0 saturated carbocycles. The zero-order valence-corrected chi connectivity index (χ0v) is 14.9. The van der Waals surface area contributed by atoms with E-state index < -0.39 is 0 Å². The van der Waals surface area contributed by atoms with E-state index in [2.05, 4.69) is 30.8 Å². The van der Waals surface area contributed by atoms with Crippen molar-refractivity contribution < 1.29 is 0 Å². The summed E-state index contributed by atoms with van der Waals surface area (Å²) >= 11 is 0. The average molecular weight is 332 g/mol.